The van der Waals surface area contributed by atoms with Crippen LogP contribution in [0, 0.1) is 5.92 Å². The molecule has 1 aliphatic rings. The Kier molecular flexibility index (Phi) is 2.70. The zero-order valence-corrected chi connectivity index (χ0v) is 9.13. The van der Waals surface area contributed by atoms with E-state index in [1.807, 2.05) is 29.6 Å². The number of nitrogens with zero attached hydrogens (tertiary/aromatic N) is 4. The highest BCUT2D eigenvalue weighted by Crippen LogP contribution is 2.21. The summed E-state index contributed by atoms with van der Waals surface area (Å²) < 4.78 is 1.84. The van der Waals surface area contributed by atoms with Crippen LogP contribution in [-0.2, 0) is 4.79 Å². The second-order valence-corrected chi connectivity index (χ2v) is 4.26. The predicted octanol–water partition coefficient (Wildman–Crippen LogP) is 0.708. The molecule has 1 aromatic heterocycles. The zero-order valence-electron chi connectivity index (χ0n) is 9.13. The summed E-state index contributed by atoms with van der Waals surface area (Å²) in [6.07, 6.45) is 4.50. The monoisotopic (exact) mass is 208 g/mol. The van der Waals surface area contributed by atoms with E-state index in [0.29, 0.717) is 6.04 Å². The third-order valence-corrected chi connectivity index (χ3v) is 2.78. The average Bonchev–Trinajstić information content (AvgIpc) is 2.86. The van der Waals surface area contributed by atoms with Gasteiger partial charge in [0.25, 0.3) is 0 Å². The standard InChI is InChI=1S/C10H16N4O/c1-8(2)10(15)13-5-3-9(7-13)14-6-4-11-12-14/h4,6,8-9H,3,5,7H2,1-2H3. The van der Waals surface area contributed by atoms with Crippen molar-refractivity contribution in [2.24, 2.45) is 5.92 Å². The van der Waals surface area contributed by atoms with E-state index in [1.165, 1.54) is 0 Å². The molecule has 82 valence electrons. The molecular formula is C10H16N4O. The van der Waals surface area contributed by atoms with Crippen LogP contribution in [0.3, 0.4) is 0 Å². The molecule has 15 heavy (non-hydrogen) atoms. The van der Waals surface area contributed by atoms with Gasteiger partial charge in [-0.05, 0) is 6.42 Å². The van der Waals surface area contributed by atoms with Gasteiger partial charge in [0.2, 0.25) is 5.91 Å². The molecule has 5 heteroatoms. The molecule has 0 N–H and O–H groups in total. The van der Waals surface area contributed by atoms with Crippen molar-refractivity contribution < 1.29 is 4.79 Å². The van der Waals surface area contributed by atoms with Crippen molar-refractivity contribution in [2.45, 2.75) is 26.3 Å². The molecule has 0 aromatic carbocycles. The van der Waals surface area contributed by atoms with Gasteiger partial charge in [0, 0.05) is 25.2 Å². The number of aromatic nitrogens is 3. The molecule has 0 aliphatic carbocycles. The van der Waals surface area contributed by atoms with Crippen molar-refractivity contribution in [2.75, 3.05) is 13.1 Å². The van der Waals surface area contributed by atoms with Gasteiger partial charge in [-0.1, -0.05) is 19.1 Å². The number of carbonyl (C=O) groups excluding carboxylic acids is 1. The van der Waals surface area contributed by atoms with Gasteiger partial charge in [-0.15, -0.1) is 5.10 Å². The van der Waals surface area contributed by atoms with Gasteiger partial charge < -0.3 is 4.90 Å². The van der Waals surface area contributed by atoms with Gasteiger partial charge in [-0.25, -0.2) is 4.68 Å². The highest BCUT2D eigenvalue weighted by atomic mass is 16.2. The van der Waals surface area contributed by atoms with Crippen LogP contribution < -0.4 is 0 Å². The second kappa shape index (κ2) is 4.00. The fourth-order valence-electron chi connectivity index (χ4n) is 1.94. The minimum Gasteiger partial charge on any atom is -0.340 e. The molecule has 1 aromatic rings. The maximum absolute atomic E-state index is 11.7. The molecule has 5 nitrogen and oxygen atoms in total. The maximum atomic E-state index is 11.7. The van der Waals surface area contributed by atoms with E-state index < -0.39 is 0 Å². The molecule has 0 radical (unpaired) electrons. The largest absolute Gasteiger partial charge is 0.340 e. The van der Waals surface area contributed by atoms with Crippen LogP contribution in [0.1, 0.15) is 26.3 Å². The molecule has 1 saturated heterocycles. The average molecular weight is 208 g/mol. The molecule has 1 fully saturated rings. The summed E-state index contributed by atoms with van der Waals surface area (Å²) in [6.45, 7) is 5.47. The van der Waals surface area contributed by atoms with Crippen molar-refractivity contribution in [1.82, 2.24) is 19.9 Å². The van der Waals surface area contributed by atoms with E-state index in [2.05, 4.69) is 10.3 Å². The Labute approximate surface area is 89.1 Å². The van der Waals surface area contributed by atoms with Crippen molar-refractivity contribution in [1.29, 1.82) is 0 Å². The first kappa shape index (κ1) is 10.1. The third-order valence-electron chi connectivity index (χ3n) is 2.78. The molecule has 2 rings (SSSR count). The lowest BCUT2D eigenvalue weighted by atomic mass is 10.2. The highest BCUT2D eigenvalue weighted by molar-refractivity contribution is 5.78. The lowest BCUT2D eigenvalue weighted by molar-refractivity contribution is -0.133. The normalized spacial score (nSPS) is 21.3. The van der Waals surface area contributed by atoms with Gasteiger partial charge in [-0.3, -0.25) is 4.79 Å². The first-order chi connectivity index (χ1) is 7.18. The summed E-state index contributed by atoms with van der Waals surface area (Å²) in [7, 11) is 0. The number of amides is 1. The highest BCUT2D eigenvalue weighted by Gasteiger charge is 2.28. The van der Waals surface area contributed by atoms with Crippen LogP contribution in [0.25, 0.3) is 0 Å². The van der Waals surface area contributed by atoms with Crippen LogP contribution in [0.4, 0.5) is 0 Å². The topological polar surface area (TPSA) is 51.0 Å². The predicted molar refractivity (Wildman–Crippen MR) is 55.1 cm³/mol. The zero-order chi connectivity index (χ0) is 10.8. The number of carbonyl (C=O) groups is 1. The SMILES string of the molecule is CC(C)C(=O)N1CCC(n2ccnn2)C1. The second-order valence-electron chi connectivity index (χ2n) is 4.26. The van der Waals surface area contributed by atoms with E-state index in [1.54, 1.807) is 6.20 Å². The minimum absolute atomic E-state index is 0.0829. The van der Waals surface area contributed by atoms with Crippen molar-refractivity contribution in [3.63, 3.8) is 0 Å². The quantitative estimate of drug-likeness (QED) is 0.719. The van der Waals surface area contributed by atoms with Gasteiger partial charge in [-0.2, -0.15) is 0 Å². The molecule has 1 aliphatic heterocycles. The molecule has 0 bridgehead atoms. The van der Waals surface area contributed by atoms with E-state index in [0.717, 1.165) is 19.5 Å². The smallest absolute Gasteiger partial charge is 0.225 e. The Morgan fingerprint density at radius 1 is 1.53 bits per heavy atom. The first-order valence-corrected chi connectivity index (χ1v) is 5.33. The summed E-state index contributed by atoms with van der Waals surface area (Å²) >= 11 is 0. The minimum atomic E-state index is 0.0829. The van der Waals surface area contributed by atoms with Gasteiger partial charge in [0.05, 0.1) is 12.2 Å². The van der Waals surface area contributed by atoms with Gasteiger partial charge >= 0.3 is 0 Å². The van der Waals surface area contributed by atoms with E-state index in [-0.39, 0.29) is 11.8 Å². The van der Waals surface area contributed by atoms with Crippen LogP contribution in [0.15, 0.2) is 12.4 Å². The summed E-state index contributed by atoms with van der Waals surface area (Å²) in [5, 5.41) is 7.75. The lowest BCUT2D eigenvalue weighted by Gasteiger charge is -2.18. The summed E-state index contributed by atoms with van der Waals surface area (Å²) in [5.74, 6) is 0.317. The Hall–Kier alpha value is -1.39. The van der Waals surface area contributed by atoms with Crippen molar-refractivity contribution >= 4 is 5.91 Å². The molecule has 0 spiro atoms. The number of hydrogen-bond donors (Lipinski definition) is 0. The van der Waals surface area contributed by atoms with Crippen molar-refractivity contribution in [3.8, 4) is 0 Å². The third kappa shape index (κ3) is 2.00. The molecule has 1 unspecified atom stereocenters. The fraction of sp³-hybridized carbons (Fsp3) is 0.700. The summed E-state index contributed by atoms with van der Waals surface area (Å²) in [5.41, 5.74) is 0. The molecular weight excluding hydrogens is 192 g/mol. The van der Waals surface area contributed by atoms with E-state index in [4.69, 9.17) is 0 Å². The molecule has 0 saturated carbocycles. The fourth-order valence-corrected chi connectivity index (χ4v) is 1.94. The van der Waals surface area contributed by atoms with Crippen LogP contribution in [0.5, 0.6) is 0 Å². The van der Waals surface area contributed by atoms with Gasteiger partial charge in [0.1, 0.15) is 0 Å². The van der Waals surface area contributed by atoms with Crippen LogP contribution in [0.2, 0.25) is 0 Å². The number of likely N-dealkylation sites (tertiary alicyclic amines) is 1. The summed E-state index contributed by atoms with van der Waals surface area (Å²) in [6, 6.07) is 0.301. The maximum Gasteiger partial charge on any atom is 0.225 e. The molecule has 1 amide bonds. The van der Waals surface area contributed by atoms with Crippen LogP contribution in [-0.4, -0.2) is 38.9 Å². The Balaban J connectivity index is 1.98. The Morgan fingerprint density at radius 2 is 2.33 bits per heavy atom. The number of rotatable bonds is 2. The van der Waals surface area contributed by atoms with Crippen LogP contribution >= 0.6 is 0 Å². The van der Waals surface area contributed by atoms with Gasteiger partial charge in [0.15, 0.2) is 0 Å². The first-order valence-electron chi connectivity index (χ1n) is 5.33. The lowest BCUT2D eigenvalue weighted by Crippen LogP contribution is -2.32. The Bertz CT molecular complexity index is 333. The van der Waals surface area contributed by atoms with E-state index >= 15 is 0 Å². The van der Waals surface area contributed by atoms with E-state index in [9.17, 15) is 4.79 Å². The molecule has 2 heterocycles. The Morgan fingerprint density at radius 3 is 2.93 bits per heavy atom. The molecule has 1 atom stereocenters. The number of hydrogen-bond acceptors (Lipinski definition) is 3. The van der Waals surface area contributed by atoms with Crippen molar-refractivity contribution in [3.05, 3.63) is 12.4 Å². The summed E-state index contributed by atoms with van der Waals surface area (Å²) in [4.78, 5) is 13.7.